The largest absolute Gasteiger partial charge is 0.495 e. The molecular formula is C23H22ClN3O6. The Bertz CT molecular complexity index is 1180. The molecule has 1 atom stereocenters. The molecule has 0 saturated carbocycles. The fourth-order valence-corrected chi connectivity index (χ4v) is 2.94. The van der Waals surface area contributed by atoms with Crippen molar-refractivity contribution >= 4 is 29.2 Å². The van der Waals surface area contributed by atoms with Crippen molar-refractivity contribution in [1.29, 1.82) is 0 Å². The third-order valence-electron chi connectivity index (χ3n) is 4.46. The van der Waals surface area contributed by atoms with Crippen LogP contribution in [0.15, 0.2) is 65.5 Å². The van der Waals surface area contributed by atoms with Crippen LogP contribution in [0.2, 0.25) is 5.02 Å². The van der Waals surface area contributed by atoms with Crippen molar-refractivity contribution in [2.24, 2.45) is 0 Å². The van der Waals surface area contributed by atoms with E-state index in [4.69, 9.17) is 25.8 Å². The number of halogens is 1. The van der Waals surface area contributed by atoms with Gasteiger partial charge in [-0.15, -0.1) is 0 Å². The number of rotatable bonds is 9. The van der Waals surface area contributed by atoms with Crippen molar-refractivity contribution in [3.05, 3.63) is 81.7 Å². The van der Waals surface area contributed by atoms with Crippen LogP contribution >= 0.6 is 11.6 Å². The van der Waals surface area contributed by atoms with Crippen molar-refractivity contribution in [3.63, 3.8) is 0 Å². The molecule has 10 heteroatoms. The summed E-state index contributed by atoms with van der Waals surface area (Å²) < 4.78 is 17.0. The van der Waals surface area contributed by atoms with Crippen molar-refractivity contribution < 1.29 is 23.8 Å². The van der Waals surface area contributed by atoms with Gasteiger partial charge in [-0.1, -0.05) is 29.8 Å². The number of amides is 1. The predicted octanol–water partition coefficient (Wildman–Crippen LogP) is 3.17. The maximum Gasteiger partial charge on any atom is 0.359 e. The lowest BCUT2D eigenvalue weighted by atomic mass is 10.2. The Morgan fingerprint density at radius 1 is 1.12 bits per heavy atom. The minimum Gasteiger partial charge on any atom is -0.495 e. The van der Waals surface area contributed by atoms with Gasteiger partial charge in [0.2, 0.25) is 0 Å². The van der Waals surface area contributed by atoms with Gasteiger partial charge in [-0.25, -0.2) is 9.48 Å². The molecule has 1 aromatic heterocycles. The van der Waals surface area contributed by atoms with Gasteiger partial charge in [0.15, 0.2) is 11.8 Å². The third-order valence-corrected chi connectivity index (χ3v) is 4.70. The van der Waals surface area contributed by atoms with Crippen LogP contribution in [-0.4, -0.2) is 41.5 Å². The molecule has 0 radical (unpaired) electrons. The second-order valence-electron chi connectivity index (χ2n) is 6.82. The number of nitrogens with zero attached hydrogens (tertiary/aromatic N) is 2. The predicted molar refractivity (Wildman–Crippen MR) is 122 cm³/mol. The first-order valence-corrected chi connectivity index (χ1v) is 10.4. The van der Waals surface area contributed by atoms with Crippen molar-refractivity contribution in [2.45, 2.75) is 19.6 Å². The number of hydrogen-bond acceptors (Lipinski definition) is 7. The van der Waals surface area contributed by atoms with Crippen LogP contribution in [0.1, 0.15) is 17.4 Å². The van der Waals surface area contributed by atoms with E-state index in [0.29, 0.717) is 22.2 Å². The van der Waals surface area contributed by atoms with Crippen molar-refractivity contribution in [2.75, 3.05) is 19.0 Å². The monoisotopic (exact) mass is 471 g/mol. The number of nitrogens with one attached hydrogen (secondary N) is 1. The van der Waals surface area contributed by atoms with Gasteiger partial charge in [-0.3, -0.25) is 9.59 Å². The number of esters is 1. The highest BCUT2D eigenvalue weighted by Gasteiger charge is 2.21. The lowest BCUT2D eigenvalue weighted by Crippen LogP contribution is -2.32. The first kappa shape index (κ1) is 23.8. The minimum atomic E-state index is -1.15. The molecule has 1 N–H and O–H groups in total. The SMILES string of the molecule is COc1ccc(Cl)cc1NC(=O)C(C)OC(=O)c1ccc(=O)n(CCOc2ccccc2)n1. The van der Waals surface area contributed by atoms with E-state index in [1.807, 2.05) is 18.2 Å². The van der Waals surface area contributed by atoms with E-state index in [1.54, 1.807) is 24.3 Å². The molecule has 0 spiro atoms. The van der Waals surface area contributed by atoms with Crippen molar-refractivity contribution in [1.82, 2.24) is 9.78 Å². The molecule has 0 aliphatic carbocycles. The normalized spacial score (nSPS) is 11.4. The van der Waals surface area contributed by atoms with E-state index in [9.17, 15) is 14.4 Å². The zero-order chi connectivity index (χ0) is 23.8. The highest BCUT2D eigenvalue weighted by molar-refractivity contribution is 6.31. The molecule has 1 amide bonds. The van der Waals surface area contributed by atoms with Gasteiger partial charge >= 0.3 is 5.97 Å². The molecule has 1 unspecified atom stereocenters. The number of hydrogen-bond donors (Lipinski definition) is 1. The lowest BCUT2D eigenvalue weighted by Gasteiger charge is -2.15. The summed E-state index contributed by atoms with van der Waals surface area (Å²) in [5.41, 5.74) is -0.181. The van der Waals surface area contributed by atoms with Crippen LogP contribution in [0.4, 0.5) is 5.69 Å². The fraction of sp³-hybridized carbons (Fsp3) is 0.217. The summed E-state index contributed by atoms with van der Waals surface area (Å²) in [6.45, 7) is 1.71. The van der Waals surface area contributed by atoms with Crippen molar-refractivity contribution in [3.8, 4) is 11.5 Å². The average Bonchev–Trinajstić information content (AvgIpc) is 2.81. The molecule has 0 bridgehead atoms. The van der Waals surface area contributed by atoms with Crippen LogP contribution in [0, 0.1) is 0 Å². The second-order valence-corrected chi connectivity index (χ2v) is 7.26. The van der Waals surface area contributed by atoms with Crippen LogP contribution in [0.5, 0.6) is 11.5 Å². The molecule has 3 aromatic rings. The molecule has 33 heavy (non-hydrogen) atoms. The summed E-state index contributed by atoms with van der Waals surface area (Å²) in [6, 6.07) is 16.3. The van der Waals surface area contributed by atoms with E-state index < -0.39 is 23.5 Å². The van der Waals surface area contributed by atoms with Gasteiger partial charge in [0, 0.05) is 11.1 Å². The average molecular weight is 472 g/mol. The molecule has 9 nitrogen and oxygen atoms in total. The number of aromatic nitrogens is 2. The zero-order valence-corrected chi connectivity index (χ0v) is 18.7. The second kappa shape index (κ2) is 11.1. The fourth-order valence-electron chi connectivity index (χ4n) is 2.77. The summed E-state index contributed by atoms with van der Waals surface area (Å²) in [4.78, 5) is 37.0. The van der Waals surface area contributed by atoms with Gasteiger partial charge in [0.1, 0.15) is 18.1 Å². The highest BCUT2D eigenvalue weighted by atomic mass is 35.5. The van der Waals surface area contributed by atoms with Gasteiger partial charge in [-0.2, -0.15) is 5.10 Å². The number of methoxy groups -OCH3 is 1. The molecule has 0 fully saturated rings. The summed E-state index contributed by atoms with van der Waals surface area (Å²) in [5, 5.41) is 7.03. The molecule has 3 rings (SSSR count). The number of ether oxygens (including phenoxy) is 3. The molecule has 2 aromatic carbocycles. The Hall–Kier alpha value is -3.85. The Balaban J connectivity index is 1.61. The quantitative estimate of drug-likeness (QED) is 0.477. The maximum absolute atomic E-state index is 12.5. The molecule has 0 saturated heterocycles. The Kier molecular flexibility index (Phi) is 8.04. The van der Waals surface area contributed by atoms with Crippen LogP contribution < -0.4 is 20.3 Å². The first-order chi connectivity index (χ1) is 15.9. The van der Waals surface area contributed by atoms with Gasteiger partial charge in [0.25, 0.3) is 11.5 Å². The Morgan fingerprint density at radius 2 is 1.88 bits per heavy atom. The Morgan fingerprint density at radius 3 is 2.61 bits per heavy atom. The zero-order valence-electron chi connectivity index (χ0n) is 18.0. The van der Waals surface area contributed by atoms with E-state index in [-0.39, 0.29) is 18.8 Å². The molecule has 0 aliphatic heterocycles. The van der Waals surface area contributed by atoms with E-state index in [2.05, 4.69) is 10.4 Å². The number of benzene rings is 2. The molecule has 172 valence electrons. The molecular weight excluding hydrogens is 450 g/mol. The smallest absolute Gasteiger partial charge is 0.359 e. The van der Waals surface area contributed by atoms with Gasteiger partial charge < -0.3 is 19.5 Å². The standard InChI is InChI=1S/C23H22ClN3O6/c1-15(22(29)25-19-14-16(24)8-10-20(19)31-2)33-23(30)18-9-11-21(28)27(26-18)12-13-32-17-6-4-3-5-7-17/h3-11,14-15H,12-13H2,1-2H3,(H,25,29). The topological polar surface area (TPSA) is 109 Å². The summed E-state index contributed by atoms with van der Waals surface area (Å²) in [7, 11) is 1.45. The molecule has 1 heterocycles. The first-order valence-electron chi connectivity index (χ1n) is 9.99. The van der Waals surface area contributed by atoms with E-state index in [0.717, 1.165) is 4.68 Å². The minimum absolute atomic E-state index is 0.116. The summed E-state index contributed by atoms with van der Waals surface area (Å²) in [5.74, 6) is -0.392. The number of para-hydroxylation sites is 1. The number of anilines is 1. The Labute approximate surface area is 194 Å². The lowest BCUT2D eigenvalue weighted by molar-refractivity contribution is -0.123. The van der Waals surface area contributed by atoms with Crippen LogP contribution in [0.3, 0.4) is 0 Å². The molecule has 0 aliphatic rings. The van der Waals surface area contributed by atoms with Crippen LogP contribution in [0.25, 0.3) is 0 Å². The third kappa shape index (κ3) is 6.56. The van der Waals surface area contributed by atoms with Gasteiger partial charge in [-0.05, 0) is 43.3 Å². The number of carbonyl (C=O) groups is 2. The number of carbonyl (C=O) groups excluding carboxylic acids is 2. The summed E-state index contributed by atoms with van der Waals surface area (Å²) >= 11 is 5.96. The summed E-state index contributed by atoms with van der Waals surface area (Å²) in [6.07, 6.45) is -1.15. The van der Waals surface area contributed by atoms with Gasteiger partial charge in [0.05, 0.1) is 19.3 Å². The highest BCUT2D eigenvalue weighted by Crippen LogP contribution is 2.27. The van der Waals surface area contributed by atoms with Crippen LogP contribution in [-0.2, 0) is 16.1 Å². The maximum atomic E-state index is 12.5. The van der Waals surface area contributed by atoms with E-state index in [1.165, 1.54) is 32.2 Å². The van der Waals surface area contributed by atoms with E-state index >= 15 is 0 Å².